The highest BCUT2D eigenvalue weighted by atomic mass is 16.7. The van der Waals surface area contributed by atoms with Crippen LogP contribution in [0.3, 0.4) is 0 Å². The van der Waals surface area contributed by atoms with Crippen molar-refractivity contribution < 1.29 is 24.2 Å². The molecule has 1 aliphatic carbocycles. The van der Waals surface area contributed by atoms with Gasteiger partial charge in [-0.1, -0.05) is 92.9 Å². The van der Waals surface area contributed by atoms with E-state index in [0.29, 0.717) is 25.6 Å². The Labute approximate surface area is 298 Å². The molecule has 0 radical (unpaired) electrons. The van der Waals surface area contributed by atoms with E-state index in [1.807, 2.05) is 30.3 Å². The second kappa shape index (κ2) is 19.0. The smallest absolute Gasteiger partial charge is 0.220 e. The minimum Gasteiger partial charge on any atom is -0.392 e. The van der Waals surface area contributed by atoms with Crippen LogP contribution in [0.4, 0.5) is 0 Å². The first-order chi connectivity index (χ1) is 24.3. The van der Waals surface area contributed by atoms with Crippen LogP contribution in [-0.2, 0) is 32.2 Å². The van der Waals surface area contributed by atoms with Gasteiger partial charge in [-0.05, 0) is 65.6 Å². The first-order valence-electron chi connectivity index (χ1n) is 18.4. The summed E-state index contributed by atoms with van der Waals surface area (Å²) in [5, 5.41) is 15.5. The second-order valence-electron chi connectivity index (χ2n) is 13.9. The van der Waals surface area contributed by atoms with Gasteiger partial charge >= 0.3 is 0 Å². The van der Waals surface area contributed by atoms with E-state index in [-0.39, 0.29) is 36.5 Å². The zero-order valence-electron chi connectivity index (χ0n) is 29.8. The molecule has 0 unspecified atom stereocenters. The van der Waals surface area contributed by atoms with E-state index in [2.05, 4.69) is 77.6 Å². The molecule has 2 amide bonds. The maximum absolute atomic E-state index is 12.5. The van der Waals surface area contributed by atoms with E-state index >= 15 is 0 Å². The third kappa shape index (κ3) is 10.6. The third-order valence-electron chi connectivity index (χ3n) is 10.1. The van der Waals surface area contributed by atoms with E-state index in [9.17, 15) is 14.7 Å². The standard InChI is InChI=1S/C42H55N3O5/c1-4-24-45(38-16-7-8-17-38)28-39-30(2)41(34-21-19-32(29-46)20-22-34)50-42(49-39)37-15-11-14-36(26-37)35-13-10-12-33(25-35)27-44-40(48)18-6-5-9-23-43-31(3)47/h4,10-15,19-22,25-26,30,38-39,41-42,46H,1,5-9,16-18,23-24,27-29H2,2-3H3,(H,43,47)(H,44,48)/t30-,39+,41+,42+/m1/s1. The molecular weight excluding hydrogens is 626 g/mol. The lowest BCUT2D eigenvalue weighted by Gasteiger charge is -2.43. The minimum atomic E-state index is -0.548. The molecule has 2 fully saturated rings. The molecule has 1 saturated carbocycles. The second-order valence-corrected chi connectivity index (χ2v) is 13.9. The number of carbonyl (C=O) groups is 2. The average Bonchev–Trinajstić information content (AvgIpc) is 3.68. The Morgan fingerprint density at radius 2 is 1.64 bits per heavy atom. The van der Waals surface area contributed by atoms with Gasteiger partial charge in [0.25, 0.3) is 0 Å². The maximum Gasteiger partial charge on any atom is 0.220 e. The monoisotopic (exact) mass is 681 g/mol. The summed E-state index contributed by atoms with van der Waals surface area (Å²) in [6, 6.07) is 25.3. The molecule has 4 atom stereocenters. The number of amides is 2. The predicted molar refractivity (Wildman–Crippen MR) is 198 cm³/mol. The Kier molecular flexibility index (Phi) is 14.2. The molecule has 8 heteroatoms. The molecule has 3 aromatic rings. The fourth-order valence-corrected chi connectivity index (χ4v) is 7.23. The summed E-state index contributed by atoms with van der Waals surface area (Å²) < 4.78 is 13.7. The van der Waals surface area contributed by atoms with Gasteiger partial charge in [-0.2, -0.15) is 0 Å². The number of rotatable bonds is 17. The van der Waals surface area contributed by atoms with Gasteiger partial charge in [0.15, 0.2) is 6.29 Å². The normalized spacial score (nSPS) is 20.9. The summed E-state index contributed by atoms with van der Waals surface area (Å²) in [6.07, 6.45) is 9.25. The van der Waals surface area contributed by atoms with Gasteiger partial charge in [0.2, 0.25) is 11.8 Å². The van der Waals surface area contributed by atoms with Crippen molar-refractivity contribution >= 4 is 11.8 Å². The summed E-state index contributed by atoms with van der Waals surface area (Å²) >= 11 is 0. The van der Waals surface area contributed by atoms with Crippen LogP contribution in [0.2, 0.25) is 0 Å². The molecular formula is C42H55N3O5. The van der Waals surface area contributed by atoms with Crippen molar-refractivity contribution in [2.75, 3.05) is 19.6 Å². The quantitative estimate of drug-likeness (QED) is 0.102. The molecule has 1 saturated heterocycles. The zero-order chi connectivity index (χ0) is 35.3. The zero-order valence-corrected chi connectivity index (χ0v) is 29.8. The first-order valence-corrected chi connectivity index (χ1v) is 18.4. The van der Waals surface area contributed by atoms with Crippen molar-refractivity contribution in [2.24, 2.45) is 5.92 Å². The van der Waals surface area contributed by atoms with Crippen molar-refractivity contribution in [3.8, 4) is 11.1 Å². The van der Waals surface area contributed by atoms with Crippen molar-refractivity contribution in [3.63, 3.8) is 0 Å². The van der Waals surface area contributed by atoms with E-state index in [1.165, 1.54) is 32.6 Å². The van der Waals surface area contributed by atoms with Crippen LogP contribution in [0, 0.1) is 5.92 Å². The lowest BCUT2D eigenvalue weighted by atomic mass is 9.89. The molecule has 0 spiro atoms. The van der Waals surface area contributed by atoms with Gasteiger partial charge in [-0.3, -0.25) is 14.5 Å². The lowest BCUT2D eigenvalue weighted by molar-refractivity contribution is -0.276. The number of unbranched alkanes of at least 4 members (excludes halogenated alkanes) is 2. The van der Waals surface area contributed by atoms with Gasteiger partial charge < -0.3 is 25.2 Å². The fraction of sp³-hybridized carbons (Fsp3) is 0.476. The van der Waals surface area contributed by atoms with Crippen LogP contribution >= 0.6 is 0 Å². The van der Waals surface area contributed by atoms with Crippen molar-refractivity contribution in [3.05, 3.63) is 108 Å². The Bertz CT molecular complexity index is 1540. The number of aliphatic hydroxyl groups excluding tert-OH is 1. The van der Waals surface area contributed by atoms with E-state index in [1.54, 1.807) is 0 Å². The topological polar surface area (TPSA) is 100 Å². The van der Waals surface area contributed by atoms with Gasteiger partial charge in [0.1, 0.15) is 0 Å². The van der Waals surface area contributed by atoms with Crippen LogP contribution in [0.25, 0.3) is 11.1 Å². The molecule has 268 valence electrons. The SMILES string of the molecule is C=CCN(C[C@@H]1O[C@H](c2cccc(-c3cccc(CNC(=O)CCCCCNC(C)=O)c3)c2)O[C@H](c2ccc(CO)cc2)[C@@H]1C)C1CCCC1. The Morgan fingerprint density at radius 3 is 2.36 bits per heavy atom. The van der Waals surface area contributed by atoms with Gasteiger partial charge in [0.05, 0.1) is 18.8 Å². The molecule has 3 N–H and O–H groups in total. The highest BCUT2D eigenvalue weighted by Crippen LogP contribution is 2.43. The summed E-state index contributed by atoms with van der Waals surface area (Å²) in [4.78, 5) is 26.0. The Morgan fingerprint density at radius 1 is 0.900 bits per heavy atom. The van der Waals surface area contributed by atoms with Gasteiger partial charge in [-0.15, -0.1) is 6.58 Å². The van der Waals surface area contributed by atoms with Crippen LogP contribution < -0.4 is 10.6 Å². The van der Waals surface area contributed by atoms with Crippen LogP contribution in [0.5, 0.6) is 0 Å². The molecule has 1 heterocycles. The Balaban J connectivity index is 1.28. The largest absolute Gasteiger partial charge is 0.392 e. The molecule has 1 aliphatic heterocycles. The number of nitrogens with one attached hydrogen (secondary N) is 2. The third-order valence-corrected chi connectivity index (χ3v) is 10.1. The number of nitrogens with zero attached hydrogens (tertiary/aromatic N) is 1. The summed E-state index contributed by atoms with van der Waals surface area (Å²) in [6.45, 7) is 10.6. The molecule has 0 aromatic heterocycles. The first kappa shape index (κ1) is 37.4. The summed E-state index contributed by atoms with van der Waals surface area (Å²) in [7, 11) is 0. The number of aliphatic hydroxyl groups is 1. The maximum atomic E-state index is 12.5. The van der Waals surface area contributed by atoms with E-state index in [4.69, 9.17) is 9.47 Å². The fourth-order valence-electron chi connectivity index (χ4n) is 7.23. The molecule has 3 aromatic carbocycles. The summed E-state index contributed by atoms with van der Waals surface area (Å²) in [5.74, 6) is 0.123. The Hall–Kier alpha value is -3.82. The number of benzene rings is 3. The molecule has 8 nitrogen and oxygen atoms in total. The molecule has 0 bridgehead atoms. The van der Waals surface area contributed by atoms with Crippen molar-refractivity contribution in [2.45, 2.75) is 103 Å². The van der Waals surface area contributed by atoms with Crippen molar-refractivity contribution in [1.82, 2.24) is 15.5 Å². The van der Waals surface area contributed by atoms with Crippen LogP contribution in [-0.4, -0.2) is 53.6 Å². The number of carbonyl (C=O) groups excluding carboxylic acids is 2. The molecule has 50 heavy (non-hydrogen) atoms. The summed E-state index contributed by atoms with van der Waals surface area (Å²) in [5.41, 5.74) is 6.08. The van der Waals surface area contributed by atoms with Gasteiger partial charge in [0, 0.05) is 57.0 Å². The molecule has 2 aliphatic rings. The highest BCUT2D eigenvalue weighted by Gasteiger charge is 2.40. The van der Waals surface area contributed by atoms with Crippen LogP contribution in [0.15, 0.2) is 85.5 Å². The van der Waals surface area contributed by atoms with Crippen LogP contribution in [0.1, 0.15) is 99.9 Å². The average molecular weight is 682 g/mol. The number of hydrogen-bond acceptors (Lipinski definition) is 6. The van der Waals surface area contributed by atoms with Gasteiger partial charge in [-0.25, -0.2) is 0 Å². The number of hydrogen-bond donors (Lipinski definition) is 3. The molecule has 5 rings (SSSR count). The minimum absolute atomic E-state index is 0.0100. The van der Waals surface area contributed by atoms with Crippen molar-refractivity contribution in [1.29, 1.82) is 0 Å². The van der Waals surface area contributed by atoms with E-state index < -0.39 is 6.29 Å². The highest BCUT2D eigenvalue weighted by molar-refractivity contribution is 5.76. The lowest BCUT2D eigenvalue weighted by Crippen LogP contribution is -2.47. The predicted octanol–water partition coefficient (Wildman–Crippen LogP) is 7.38. The number of ether oxygens (including phenoxy) is 2. The van der Waals surface area contributed by atoms with E-state index in [0.717, 1.165) is 65.7 Å².